The Balaban J connectivity index is 1.96. The van der Waals surface area contributed by atoms with Crippen molar-refractivity contribution in [1.82, 2.24) is 9.97 Å². The molecular weight excluding hydrogens is 236 g/mol. The van der Waals surface area contributed by atoms with Crippen molar-refractivity contribution in [1.29, 1.82) is 0 Å². The fourth-order valence-corrected chi connectivity index (χ4v) is 3.45. The molecule has 1 aromatic carbocycles. The lowest BCUT2D eigenvalue weighted by Gasteiger charge is -2.40. The van der Waals surface area contributed by atoms with E-state index in [4.69, 9.17) is 0 Å². The van der Waals surface area contributed by atoms with Crippen LogP contribution in [-0.2, 0) is 6.42 Å². The predicted octanol–water partition coefficient (Wildman–Crippen LogP) is 2.58. The first-order valence-electron chi connectivity index (χ1n) is 6.67. The van der Waals surface area contributed by atoms with Gasteiger partial charge in [0.25, 0.3) is 0 Å². The van der Waals surface area contributed by atoms with Crippen LogP contribution in [0.2, 0.25) is 0 Å². The van der Waals surface area contributed by atoms with Crippen molar-refractivity contribution in [2.45, 2.75) is 19.5 Å². The van der Waals surface area contributed by atoms with Crippen LogP contribution in [0.5, 0.6) is 0 Å². The van der Waals surface area contributed by atoms with Crippen molar-refractivity contribution in [3.8, 4) is 0 Å². The van der Waals surface area contributed by atoms with Gasteiger partial charge in [0, 0.05) is 12.7 Å². The molecular formula is C15H16N4. The second-order valence-corrected chi connectivity index (χ2v) is 5.44. The average Bonchev–Trinajstić information content (AvgIpc) is 2.74. The normalized spacial score (nSPS) is 23.9. The van der Waals surface area contributed by atoms with Gasteiger partial charge >= 0.3 is 0 Å². The summed E-state index contributed by atoms with van der Waals surface area (Å²) in [4.78, 5) is 13.3. The van der Waals surface area contributed by atoms with Gasteiger partial charge in [-0.1, -0.05) is 25.1 Å². The van der Waals surface area contributed by atoms with Crippen molar-refractivity contribution in [2.24, 2.45) is 5.92 Å². The number of hydrogen-bond donors (Lipinski definition) is 0. The number of rotatable bonds is 0. The Labute approximate surface area is 112 Å². The lowest BCUT2D eigenvalue weighted by atomic mass is 9.91. The minimum Gasteiger partial charge on any atom is -0.349 e. The minimum atomic E-state index is 0.349. The van der Waals surface area contributed by atoms with Crippen LogP contribution in [-0.4, -0.2) is 23.2 Å². The minimum absolute atomic E-state index is 0.349. The van der Waals surface area contributed by atoms with Crippen molar-refractivity contribution >= 4 is 17.2 Å². The second kappa shape index (κ2) is 3.70. The zero-order valence-electron chi connectivity index (χ0n) is 11.1. The van der Waals surface area contributed by atoms with Gasteiger partial charge in [-0.3, -0.25) is 0 Å². The van der Waals surface area contributed by atoms with Crippen LogP contribution in [0.1, 0.15) is 12.5 Å². The van der Waals surface area contributed by atoms with Crippen LogP contribution in [0.4, 0.5) is 17.2 Å². The highest BCUT2D eigenvalue weighted by atomic mass is 15.4. The summed E-state index contributed by atoms with van der Waals surface area (Å²) in [5.74, 6) is 1.59. The molecule has 4 heteroatoms. The maximum atomic E-state index is 4.50. The summed E-state index contributed by atoms with van der Waals surface area (Å²) in [5, 5.41) is 0. The number of benzene rings is 1. The Bertz CT molecular complexity index is 629. The molecule has 0 saturated heterocycles. The summed E-state index contributed by atoms with van der Waals surface area (Å²) in [6.07, 6.45) is 5.01. The van der Waals surface area contributed by atoms with E-state index in [9.17, 15) is 0 Å². The maximum absolute atomic E-state index is 4.50. The molecule has 0 saturated carbocycles. The van der Waals surface area contributed by atoms with Gasteiger partial charge in [0.05, 0.1) is 6.20 Å². The van der Waals surface area contributed by atoms with E-state index >= 15 is 0 Å². The van der Waals surface area contributed by atoms with E-state index in [1.165, 1.54) is 11.3 Å². The first kappa shape index (κ1) is 10.8. The summed E-state index contributed by atoms with van der Waals surface area (Å²) >= 11 is 0. The molecule has 2 unspecified atom stereocenters. The lowest BCUT2D eigenvalue weighted by molar-refractivity contribution is 0.436. The molecule has 3 heterocycles. The zero-order valence-corrected chi connectivity index (χ0v) is 11.1. The van der Waals surface area contributed by atoms with E-state index in [1.807, 2.05) is 6.20 Å². The molecule has 4 nitrogen and oxygen atoms in total. The first-order valence-corrected chi connectivity index (χ1v) is 6.67. The molecule has 19 heavy (non-hydrogen) atoms. The van der Waals surface area contributed by atoms with Gasteiger partial charge in [-0.25, -0.2) is 9.97 Å². The summed E-state index contributed by atoms with van der Waals surface area (Å²) in [6, 6.07) is 8.64. The number of aromatic nitrogens is 2. The second-order valence-electron chi connectivity index (χ2n) is 5.44. The number of nitrogens with zero attached hydrogens (tertiary/aromatic N) is 4. The van der Waals surface area contributed by atoms with E-state index in [0.29, 0.717) is 12.1 Å². The molecule has 2 aliphatic rings. The van der Waals surface area contributed by atoms with Gasteiger partial charge in [-0.05, 0) is 24.0 Å². The van der Waals surface area contributed by atoms with Crippen LogP contribution in [0.25, 0.3) is 0 Å². The predicted molar refractivity (Wildman–Crippen MR) is 75.7 cm³/mol. The van der Waals surface area contributed by atoms with Crippen molar-refractivity contribution in [2.75, 3.05) is 16.8 Å². The third kappa shape index (κ3) is 1.34. The average molecular weight is 252 g/mol. The van der Waals surface area contributed by atoms with Crippen LogP contribution in [0, 0.1) is 5.92 Å². The van der Waals surface area contributed by atoms with E-state index < -0.39 is 0 Å². The third-order valence-corrected chi connectivity index (χ3v) is 4.24. The molecule has 1 aromatic heterocycles. The van der Waals surface area contributed by atoms with Crippen molar-refractivity contribution in [3.63, 3.8) is 0 Å². The number of fused-ring (bicyclic) bond motifs is 5. The summed E-state index contributed by atoms with van der Waals surface area (Å²) in [6.45, 7) is 2.31. The van der Waals surface area contributed by atoms with E-state index in [-0.39, 0.29) is 0 Å². The highest BCUT2D eigenvalue weighted by Gasteiger charge is 2.42. The molecule has 96 valence electrons. The summed E-state index contributed by atoms with van der Waals surface area (Å²) in [5.41, 5.74) is 3.82. The summed E-state index contributed by atoms with van der Waals surface area (Å²) in [7, 11) is 2.14. The van der Waals surface area contributed by atoms with Gasteiger partial charge < -0.3 is 9.80 Å². The van der Waals surface area contributed by atoms with Crippen LogP contribution >= 0.6 is 0 Å². The molecule has 0 spiro atoms. The van der Waals surface area contributed by atoms with E-state index in [1.54, 1.807) is 6.33 Å². The quantitative estimate of drug-likeness (QED) is 0.721. The first-order chi connectivity index (χ1) is 9.27. The third-order valence-electron chi connectivity index (χ3n) is 4.24. The Kier molecular flexibility index (Phi) is 2.10. The molecule has 0 N–H and O–H groups in total. The number of para-hydroxylation sites is 1. The molecule has 4 rings (SSSR count). The highest BCUT2D eigenvalue weighted by Crippen LogP contribution is 2.47. The van der Waals surface area contributed by atoms with Crippen LogP contribution < -0.4 is 9.80 Å². The zero-order chi connectivity index (χ0) is 13.0. The molecule has 0 aliphatic carbocycles. The Morgan fingerprint density at radius 2 is 2.05 bits per heavy atom. The van der Waals surface area contributed by atoms with Crippen LogP contribution in [0.15, 0.2) is 36.8 Å². The molecule has 0 amide bonds. The van der Waals surface area contributed by atoms with Gasteiger partial charge in [-0.15, -0.1) is 0 Å². The van der Waals surface area contributed by atoms with Gasteiger partial charge in [0.2, 0.25) is 0 Å². The molecule has 2 aromatic rings. The fourth-order valence-electron chi connectivity index (χ4n) is 3.45. The molecule has 0 bridgehead atoms. The maximum Gasteiger partial charge on any atom is 0.161 e. The van der Waals surface area contributed by atoms with Gasteiger partial charge in [0.15, 0.2) is 5.82 Å². The van der Waals surface area contributed by atoms with Crippen LogP contribution in [0.3, 0.4) is 0 Å². The number of anilines is 3. The largest absolute Gasteiger partial charge is 0.349 e. The lowest BCUT2D eigenvalue weighted by Crippen LogP contribution is -2.47. The van der Waals surface area contributed by atoms with Crippen molar-refractivity contribution in [3.05, 3.63) is 42.4 Å². The number of hydrogen-bond acceptors (Lipinski definition) is 4. The van der Waals surface area contributed by atoms with Gasteiger partial charge in [0.1, 0.15) is 18.2 Å². The highest BCUT2D eigenvalue weighted by molar-refractivity contribution is 5.82. The Morgan fingerprint density at radius 3 is 2.95 bits per heavy atom. The fraction of sp³-hybridized carbons (Fsp3) is 0.333. The van der Waals surface area contributed by atoms with Crippen molar-refractivity contribution < 1.29 is 0 Å². The topological polar surface area (TPSA) is 32.3 Å². The van der Waals surface area contributed by atoms with Gasteiger partial charge in [-0.2, -0.15) is 0 Å². The monoisotopic (exact) mass is 252 g/mol. The Hall–Kier alpha value is -2.10. The van der Waals surface area contributed by atoms with E-state index in [2.05, 4.69) is 58.0 Å². The smallest absolute Gasteiger partial charge is 0.161 e. The molecule has 2 atom stereocenters. The molecule has 2 aliphatic heterocycles. The standard InChI is InChI=1S/C15H16N4/c1-10-7-11-5-3-4-6-12(11)19-14-13(8-16-9-17-14)18(2)15(10)19/h3-6,8-10,15H,7H2,1-2H3. The SMILES string of the molecule is CC1Cc2ccccc2N2c3ncncc3N(C)C12. The molecule has 0 fully saturated rings. The summed E-state index contributed by atoms with van der Waals surface area (Å²) < 4.78 is 0. The Morgan fingerprint density at radius 1 is 1.21 bits per heavy atom. The molecule has 0 radical (unpaired) electrons. The van der Waals surface area contributed by atoms with E-state index in [0.717, 1.165) is 17.9 Å².